The van der Waals surface area contributed by atoms with E-state index in [1.807, 2.05) is 4.57 Å². The average Bonchev–Trinajstić information content (AvgIpc) is 3.46. The summed E-state index contributed by atoms with van der Waals surface area (Å²) in [6, 6.07) is 10.9. The Morgan fingerprint density at radius 2 is 1.30 bits per heavy atom. The summed E-state index contributed by atoms with van der Waals surface area (Å²) in [5.41, 5.74) is 8.54. The lowest BCUT2D eigenvalue weighted by Crippen LogP contribution is -2.08. The van der Waals surface area contributed by atoms with E-state index in [1.165, 1.54) is 127 Å². The number of imidazole rings is 1. The number of aryl methyl sites for hydroxylation is 1. The van der Waals surface area contributed by atoms with Crippen molar-refractivity contribution in [3.05, 3.63) is 48.5 Å². The maximum absolute atomic E-state index is 12.1. The third-order valence-corrected chi connectivity index (χ3v) is 9.13. The van der Waals surface area contributed by atoms with Crippen molar-refractivity contribution in [2.45, 2.75) is 122 Å². The van der Waals surface area contributed by atoms with E-state index in [9.17, 15) is 4.89 Å². The van der Waals surface area contributed by atoms with Crippen molar-refractivity contribution in [2.75, 3.05) is 31.7 Å². The lowest BCUT2D eigenvalue weighted by atomic mass is 10.0. The second-order valence-corrected chi connectivity index (χ2v) is 13.3. The number of rotatable bonds is 27. The number of nitrogens with two attached hydrogens (primary N) is 1. The van der Waals surface area contributed by atoms with Gasteiger partial charge in [-0.3, -0.25) is 0 Å². The van der Waals surface area contributed by atoms with Crippen LogP contribution in [0.1, 0.15) is 115 Å². The molecule has 44 heavy (non-hydrogen) atoms. The molecule has 0 spiro atoms. The second-order valence-electron chi connectivity index (χ2n) is 11.8. The molecule has 0 radical (unpaired) electrons. The number of ether oxygens (including phenoxy) is 2. The first-order chi connectivity index (χ1) is 21.7. The molecule has 1 atom stereocenters. The average molecular weight is 626 g/mol. The third kappa shape index (κ3) is 16.1. The van der Waals surface area contributed by atoms with E-state index in [2.05, 4.69) is 45.3 Å². The van der Waals surface area contributed by atoms with Crippen molar-refractivity contribution in [1.29, 1.82) is 0 Å². The highest BCUT2D eigenvalue weighted by Crippen LogP contribution is 2.16. The summed E-state index contributed by atoms with van der Waals surface area (Å²) in [4.78, 5) is 24.5. The van der Waals surface area contributed by atoms with E-state index in [0.717, 1.165) is 13.0 Å². The van der Waals surface area contributed by atoms with Gasteiger partial charge in [0.05, 0.1) is 27.3 Å². The molecule has 244 valence electrons. The molecule has 8 nitrogen and oxygen atoms in total. The molecule has 1 unspecified atom stereocenters. The number of nitrogens with zero attached hydrogens (tertiary/aromatic N) is 4. The first-order valence-electron chi connectivity index (χ1n) is 17.2. The zero-order chi connectivity index (χ0) is 30.9. The molecule has 9 heteroatoms. The van der Waals surface area contributed by atoms with E-state index in [4.69, 9.17) is 15.2 Å². The van der Waals surface area contributed by atoms with Crippen LogP contribution in [0.25, 0.3) is 11.2 Å². The molecule has 3 rings (SSSR count). The lowest BCUT2D eigenvalue weighted by molar-refractivity contribution is -0.153. The highest BCUT2D eigenvalue weighted by atomic mass is 31.1. The van der Waals surface area contributed by atoms with E-state index in [1.54, 1.807) is 6.33 Å². The quantitative estimate of drug-likeness (QED) is 0.0679. The fourth-order valence-corrected chi connectivity index (χ4v) is 6.17. The van der Waals surface area contributed by atoms with Gasteiger partial charge in [-0.15, -0.1) is 0 Å². The second kappa shape index (κ2) is 23.9. The topological polar surface area (TPSA) is 111 Å². The van der Waals surface area contributed by atoms with Crippen LogP contribution in [0.4, 0.5) is 5.82 Å². The monoisotopic (exact) mass is 625 g/mol. The fourth-order valence-electron chi connectivity index (χ4n) is 5.49. The van der Waals surface area contributed by atoms with Gasteiger partial charge >= 0.3 is 0 Å². The van der Waals surface area contributed by atoms with Crippen molar-refractivity contribution >= 4 is 30.7 Å². The number of aromatic nitrogens is 4. The summed E-state index contributed by atoms with van der Waals surface area (Å²) in [5, 5.41) is 0. The molecule has 0 aliphatic heterocycles. The van der Waals surface area contributed by atoms with Crippen LogP contribution in [-0.4, -0.2) is 51.5 Å². The van der Waals surface area contributed by atoms with Crippen molar-refractivity contribution in [3.63, 3.8) is 0 Å². The summed E-state index contributed by atoms with van der Waals surface area (Å²) in [5.74, 6) is 1.79. The van der Waals surface area contributed by atoms with Gasteiger partial charge in [-0.25, -0.2) is 15.0 Å². The van der Waals surface area contributed by atoms with Gasteiger partial charge in [0.1, 0.15) is 18.0 Å². The smallest absolute Gasteiger partial charge is 0.208 e. The Morgan fingerprint density at radius 1 is 0.705 bits per heavy atom. The Labute approximate surface area is 266 Å². The Kier molecular flexibility index (Phi) is 19.6. The molecule has 0 saturated carbocycles. The molecule has 1 aromatic carbocycles. The Balaban J connectivity index is 0.990. The normalized spacial score (nSPS) is 12.0. The third-order valence-electron chi connectivity index (χ3n) is 8.12. The van der Waals surface area contributed by atoms with Crippen molar-refractivity contribution in [1.82, 2.24) is 19.5 Å². The predicted octanol–water partition coefficient (Wildman–Crippen LogP) is 7.83. The molecular formula is C35H56N5O3P. The van der Waals surface area contributed by atoms with Gasteiger partial charge in [-0.1, -0.05) is 127 Å². The fraction of sp³-hybridized carbons (Fsp3) is 0.657. The zero-order valence-corrected chi connectivity index (χ0v) is 27.8. The summed E-state index contributed by atoms with van der Waals surface area (Å²) in [6.07, 6.45) is 27.9. The van der Waals surface area contributed by atoms with Gasteiger partial charge in [-0.05, 0) is 24.8 Å². The van der Waals surface area contributed by atoms with Gasteiger partial charge in [0.15, 0.2) is 11.5 Å². The van der Waals surface area contributed by atoms with Gasteiger partial charge in [0, 0.05) is 13.2 Å². The van der Waals surface area contributed by atoms with Crippen LogP contribution in [-0.2, 0) is 22.4 Å². The Morgan fingerprint density at radius 3 is 1.93 bits per heavy atom. The number of anilines is 1. The van der Waals surface area contributed by atoms with Crippen LogP contribution in [0.15, 0.2) is 43.0 Å². The zero-order valence-electron chi connectivity index (χ0n) is 26.9. The van der Waals surface area contributed by atoms with Crippen LogP contribution in [0.5, 0.6) is 0 Å². The number of benzene rings is 1. The highest BCUT2D eigenvalue weighted by molar-refractivity contribution is 7.49. The molecule has 0 aliphatic rings. The number of hydrogen-bond acceptors (Lipinski definition) is 7. The van der Waals surface area contributed by atoms with Crippen LogP contribution >= 0.6 is 7.77 Å². The maximum Gasteiger partial charge on any atom is 0.208 e. The van der Waals surface area contributed by atoms with Crippen LogP contribution in [0.3, 0.4) is 0 Å². The Hall–Kier alpha value is -2.38. The van der Waals surface area contributed by atoms with Gasteiger partial charge in [-0.2, -0.15) is 0 Å². The van der Waals surface area contributed by atoms with E-state index in [-0.39, 0.29) is 0 Å². The first kappa shape index (κ1) is 36.1. The van der Waals surface area contributed by atoms with Crippen molar-refractivity contribution in [2.24, 2.45) is 0 Å². The van der Waals surface area contributed by atoms with Crippen LogP contribution < -0.4 is 10.6 Å². The number of hydrogen-bond donors (Lipinski definition) is 1. The molecule has 2 heterocycles. The molecule has 2 N–H and O–H groups in total. The van der Waals surface area contributed by atoms with Gasteiger partial charge in [0.2, 0.25) is 5.98 Å². The minimum absolute atomic E-state index is 0.359. The van der Waals surface area contributed by atoms with Crippen molar-refractivity contribution in [3.8, 4) is 0 Å². The highest BCUT2D eigenvalue weighted by Gasteiger charge is 2.07. The van der Waals surface area contributed by atoms with Crippen LogP contribution in [0, 0.1) is 0 Å². The molecule has 3 aromatic rings. The molecular weight excluding hydrogens is 569 g/mol. The standard InChI is InChI=1S/C35H56N5O3P/c36-34-33-35(38-29-37-34)40(30-39-33)24-26-43-31-44(41)28-27-42-25-20-15-13-11-9-7-5-3-1-2-4-6-8-10-12-14-17-21-32-22-18-16-19-23-32/h16,18-19,22-23,29-31H,1-15,17,20-21,24-28H2,(H2,36,37,38). The SMILES string of the molecule is Nc1ncnc2c1ncn2CCOC=[P+]([O-])CCOCCCCCCCCCCCCCCCCCCCc1ccccc1. The Bertz CT molecular complexity index is 1160. The number of fused-ring (bicyclic) bond motifs is 1. The number of nitrogen functional groups attached to an aromatic ring is 1. The van der Waals surface area contributed by atoms with Crippen LogP contribution in [0.2, 0.25) is 0 Å². The summed E-state index contributed by atoms with van der Waals surface area (Å²) < 4.78 is 13.0. The van der Waals surface area contributed by atoms with E-state index >= 15 is 0 Å². The molecule has 0 bridgehead atoms. The minimum atomic E-state index is -1.54. The molecule has 2 aromatic heterocycles. The molecule has 0 aliphatic carbocycles. The molecule has 0 fully saturated rings. The first-order valence-corrected chi connectivity index (χ1v) is 18.7. The lowest BCUT2D eigenvalue weighted by Gasteiger charge is -2.05. The largest absolute Gasteiger partial charge is 0.629 e. The summed E-state index contributed by atoms with van der Waals surface area (Å²) >= 11 is 0. The number of unbranched alkanes of at least 4 members (excludes halogenated alkanes) is 16. The predicted molar refractivity (Wildman–Crippen MR) is 183 cm³/mol. The molecule has 0 saturated heterocycles. The van der Waals surface area contributed by atoms with Crippen molar-refractivity contribution < 1.29 is 14.4 Å². The summed E-state index contributed by atoms with van der Waals surface area (Å²) in [6.45, 7) is 2.18. The van der Waals surface area contributed by atoms with E-state index < -0.39 is 7.77 Å². The molecule has 0 amide bonds. The minimum Gasteiger partial charge on any atom is -0.629 e. The van der Waals surface area contributed by atoms with Gasteiger partial charge in [0.25, 0.3) is 0 Å². The maximum atomic E-state index is 12.1. The van der Waals surface area contributed by atoms with Gasteiger partial charge < -0.3 is 24.7 Å². The van der Waals surface area contributed by atoms with E-state index in [0.29, 0.717) is 42.9 Å². The summed E-state index contributed by atoms with van der Waals surface area (Å²) in [7, 11) is -1.54.